The van der Waals surface area contributed by atoms with E-state index in [4.69, 9.17) is 0 Å². The second-order valence-electron chi connectivity index (χ2n) is 4.45. The summed E-state index contributed by atoms with van der Waals surface area (Å²) in [6.07, 6.45) is 5.59. The van der Waals surface area contributed by atoms with Crippen LogP contribution in [0.3, 0.4) is 0 Å². The van der Waals surface area contributed by atoms with Crippen LogP contribution >= 0.6 is 11.3 Å². The number of hydrogen-bond donors (Lipinski definition) is 3. The number of hydrazine groups is 1. The minimum Gasteiger partial charge on any atom is -0.310 e. The van der Waals surface area contributed by atoms with E-state index < -0.39 is 16.5 Å². The summed E-state index contributed by atoms with van der Waals surface area (Å²) < 4.78 is 0. The van der Waals surface area contributed by atoms with Crippen molar-refractivity contribution in [1.29, 1.82) is 0 Å². The van der Waals surface area contributed by atoms with E-state index in [-0.39, 0.29) is 11.6 Å². The van der Waals surface area contributed by atoms with Crippen molar-refractivity contribution >= 4 is 39.7 Å². The van der Waals surface area contributed by atoms with Crippen molar-refractivity contribution in [1.82, 2.24) is 25.4 Å². The summed E-state index contributed by atoms with van der Waals surface area (Å²) in [5.41, 5.74) is 4.70. The molecule has 0 aliphatic rings. The zero-order chi connectivity index (χ0) is 17.6. The van der Waals surface area contributed by atoms with Gasteiger partial charge in [-0.1, -0.05) is 0 Å². The Balaban J connectivity index is 1.81. The Kier molecular flexibility index (Phi) is 4.71. The first-order valence-corrected chi connectivity index (χ1v) is 7.65. The van der Waals surface area contributed by atoms with Crippen molar-refractivity contribution in [2.24, 2.45) is 0 Å². The van der Waals surface area contributed by atoms with Gasteiger partial charge in [0.15, 0.2) is 5.13 Å². The average molecular weight is 358 g/mol. The Labute approximate surface area is 144 Å². The lowest BCUT2D eigenvalue weighted by Gasteiger charge is -2.09. The summed E-state index contributed by atoms with van der Waals surface area (Å²) in [5, 5.41) is 16.3. The molecule has 3 aromatic heterocycles. The van der Waals surface area contributed by atoms with Crippen molar-refractivity contribution in [3.05, 3.63) is 58.1 Å². The summed E-state index contributed by atoms with van der Waals surface area (Å²) in [6.45, 7) is 0. The van der Waals surface area contributed by atoms with Gasteiger partial charge in [0.05, 0.1) is 4.92 Å². The van der Waals surface area contributed by atoms with E-state index >= 15 is 0 Å². The van der Waals surface area contributed by atoms with E-state index in [2.05, 4.69) is 36.1 Å². The van der Waals surface area contributed by atoms with Gasteiger partial charge in [-0.05, 0) is 12.1 Å². The minimum absolute atomic E-state index is 0.0457. The fourth-order valence-corrected chi connectivity index (χ4v) is 2.34. The van der Waals surface area contributed by atoms with E-state index in [0.29, 0.717) is 10.7 Å². The number of hydrogen-bond acceptors (Lipinski definition) is 10. The summed E-state index contributed by atoms with van der Waals surface area (Å²) in [7, 11) is 0. The number of rotatable bonds is 6. The smallest absolute Gasteiger partial charge is 0.310 e. The van der Waals surface area contributed by atoms with Crippen molar-refractivity contribution in [3.63, 3.8) is 0 Å². The van der Waals surface area contributed by atoms with Gasteiger partial charge in [0.2, 0.25) is 11.6 Å². The topological polar surface area (TPSA) is 148 Å². The fraction of sp³-hybridized carbons (Fsp3) is 0. The predicted octanol–water partition coefficient (Wildman–Crippen LogP) is 1.74. The number of nitrogens with one attached hydrogen (secondary N) is 3. The highest BCUT2D eigenvalue weighted by molar-refractivity contribution is 7.13. The van der Waals surface area contributed by atoms with Crippen molar-refractivity contribution < 1.29 is 9.72 Å². The zero-order valence-electron chi connectivity index (χ0n) is 12.4. The molecule has 0 saturated heterocycles. The van der Waals surface area contributed by atoms with Crippen molar-refractivity contribution in [2.75, 3.05) is 10.7 Å². The first-order chi connectivity index (χ1) is 12.1. The Morgan fingerprint density at radius 3 is 2.56 bits per heavy atom. The van der Waals surface area contributed by atoms with E-state index in [1.807, 2.05) is 0 Å². The van der Waals surface area contributed by atoms with Gasteiger partial charge in [-0.15, -0.1) is 11.3 Å². The van der Waals surface area contributed by atoms with Crippen LogP contribution in [0.4, 0.5) is 22.5 Å². The Hall–Kier alpha value is -3.67. The van der Waals surface area contributed by atoms with Gasteiger partial charge in [0.1, 0.15) is 6.33 Å². The fourth-order valence-electron chi connectivity index (χ4n) is 1.81. The SMILES string of the molecule is O=C(NNc1ncnc(Nc2nccs2)c1[N+](=O)[O-])c1ccncc1. The van der Waals surface area contributed by atoms with E-state index in [0.717, 1.165) is 6.33 Å². The molecule has 0 bridgehead atoms. The first-order valence-electron chi connectivity index (χ1n) is 6.77. The number of pyridine rings is 1. The van der Waals surface area contributed by atoms with Crippen LogP contribution in [0.2, 0.25) is 0 Å². The van der Waals surface area contributed by atoms with Crippen LogP contribution < -0.4 is 16.2 Å². The van der Waals surface area contributed by atoms with Gasteiger partial charge in [-0.3, -0.25) is 30.7 Å². The van der Waals surface area contributed by atoms with Crippen molar-refractivity contribution in [2.45, 2.75) is 0 Å². The largest absolute Gasteiger partial charge is 0.355 e. The monoisotopic (exact) mass is 358 g/mol. The highest BCUT2D eigenvalue weighted by Crippen LogP contribution is 2.31. The summed E-state index contributed by atoms with van der Waals surface area (Å²) in [6, 6.07) is 3.00. The third kappa shape index (κ3) is 3.81. The van der Waals surface area contributed by atoms with Gasteiger partial charge in [-0.25, -0.2) is 15.0 Å². The molecule has 3 rings (SSSR count). The molecule has 1 amide bonds. The highest BCUT2D eigenvalue weighted by Gasteiger charge is 2.24. The molecule has 0 aliphatic carbocycles. The average Bonchev–Trinajstić information content (AvgIpc) is 3.13. The Morgan fingerprint density at radius 2 is 1.88 bits per heavy atom. The number of amides is 1. The minimum atomic E-state index is -0.656. The van der Waals surface area contributed by atoms with E-state index in [9.17, 15) is 14.9 Å². The van der Waals surface area contributed by atoms with E-state index in [1.165, 1.54) is 35.9 Å². The molecule has 0 aliphatic heterocycles. The molecule has 11 nitrogen and oxygen atoms in total. The Morgan fingerprint density at radius 1 is 1.12 bits per heavy atom. The number of nitro groups is 1. The molecule has 25 heavy (non-hydrogen) atoms. The van der Waals surface area contributed by atoms with Gasteiger partial charge in [0.25, 0.3) is 5.91 Å². The third-order valence-electron chi connectivity index (χ3n) is 2.90. The van der Waals surface area contributed by atoms with E-state index in [1.54, 1.807) is 11.6 Å². The lowest BCUT2D eigenvalue weighted by molar-refractivity contribution is -0.383. The molecule has 0 radical (unpaired) electrons. The van der Waals surface area contributed by atoms with Crippen LogP contribution in [0.5, 0.6) is 0 Å². The molecular formula is C13H10N8O3S. The summed E-state index contributed by atoms with van der Waals surface area (Å²) in [4.78, 5) is 38.2. The number of thiazole rings is 1. The molecule has 0 saturated carbocycles. The maximum atomic E-state index is 12.0. The maximum absolute atomic E-state index is 12.0. The summed E-state index contributed by atoms with van der Waals surface area (Å²) in [5.74, 6) is -0.707. The van der Waals surface area contributed by atoms with Crippen LogP contribution in [0.15, 0.2) is 42.4 Å². The second kappa shape index (κ2) is 7.27. The standard InChI is InChI=1S/C13H10N8O3S/c22-12(8-1-3-14-4-2-8)20-19-11-9(21(23)24)10(16-7-17-11)18-13-15-5-6-25-13/h1-7H,(H,20,22)(H2,15,16,17,18,19). The molecule has 0 atom stereocenters. The molecule has 3 N–H and O–H groups in total. The molecule has 3 heterocycles. The maximum Gasteiger partial charge on any atom is 0.355 e. The first kappa shape index (κ1) is 16.2. The predicted molar refractivity (Wildman–Crippen MR) is 89.4 cm³/mol. The molecular weight excluding hydrogens is 348 g/mol. The van der Waals surface area contributed by atoms with Gasteiger partial charge in [0, 0.05) is 29.5 Å². The lowest BCUT2D eigenvalue weighted by atomic mass is 10.3. The van der Waals surface area contributed by atoms with Crippen LogP contribution in [-0.4, -0.2) is 30.8 Å². The molecule has 0 spiro atoms. The molecule has 12 heteroatoms. The third-order valence-corrected chi connectivity index (χ3v) is 3.59. The highest BCUT2D eigenvalue weighted by atomic mass is 32.1. The van der Waals surface area contributed by atoms with Gasteiger partial charge < -0.3 is 5.32 Å². The molecule has 126 valence electrons. The number of carbonyl (C=O) groups is 1. The normalized spacial score (nSPS) is 10.1. The van der Waals surface area contributed by atoms with Crippen LogP contribution in [0.25, 0.3) is 0 Å². The van der Waals surface area contributed by atoms with Crippen LogP contribution in [-0.2, 0) is 0 Å². The zero-order valence-corrected chi connectivity index (χ0v) is 13.2. The van der Waals surface area contributed by atoms with Gasteiger partial charge in [-0.2, -0.15) is 0 Å². The number of carbonyl (C=O) groups excluding carboxylic acids is 1. The van der Waals surface area contributed by atoms with Crippen LogP contribution in [0.1, 0.15) is 10.4 Å². The number of anilines is 3. The van der Waals surface area contributed by atoms with Crippen LogP contribution in [0, 0.1) is 10.1 Å². The molecule has 0 aromatic carbocycles. The number of nitrogens with zero attached hydrogens (tertiary/aromatic N) is 5. The Bertz CT molecular complexity index is 888. The number of aromatic nitrogens is 4. The van der Waals surface area contributed by atoms with Crippen molar-refractivity contribution in [3.8, 4) is 0 Å². The quantitative estimate of drug-likeness (QED) is 0.442. The lowest BCUT2D eigenvalue weighted by Crippen LogP contribution is -2.30. The molecule has 3 aromatic rings. The van der Waals surface area contributed by atoms with Gasteiger partial charge >= 0.3 is 5.69 Å². The molecule has 0 fully saturated rings. The summed E-state index contributed by atoms with van der Waals surface area (Å²) >= 11 is 1.26. The second-order valence-corrected chi connectivity index (χ2v) is 5.35. The molecule has 0 unspecified atom stereocenters.